The number of halogens is 1. The van der Waals surface area contributed by atoms with Gasteiger partial charge >= 0.3 is 0 Å². The van der Waals surface area contributed by atoms with Gasteiger partial charge in [-0.05, 0) is 37.1 Å². The molecule has 0 aromatic heterocycles. The number of hydrogen-bond donors (Lipinski definition) is 1. The second kappa shape index (κ2) is 6.76. The van der Waals surface area contributed by atoms with Crippen molar-refractivity contribution in [1.82, 2.24) is 10.2 Å². The number of benzene rings is 1. The number of rotatable bonds is 3. The van der Waals surface area contributed by atoms with E-state index in [0.717, 1.165) is 31.5 Å². The second-order valence-corrected chi connectivity index (χ2v) is 4.61. The first-order valence-electron chi connectivity index (χ1n) is 6.29. The zero-order chi connectivity index (χ0) is 12.3. The lowest BCUT2D eigenvalue weighted by Gasteiger charge is -2.23. The van der Waals surface area contributed by atoms with Gasteiger partial charge in [0.15, 0.2) is 0 Å². The Morgan fingerprint density at radius 2 is 2.06 bits per heavy atom. The van der Waals surface area contributed by atoms with Crippen molar-refractivity contribution in [3.8, 4) is 0 Å². The van der Waals surface area contributed by atoms with Gasteiger partial charge in [-0.15, -0.1) is 12.4 Å². The lowest BCUT2D eigenvalue weighted by Crippen LogP contribution is -2.38. The molecule has 1 aliphatic rings. The smallest absolute Gasteiger partial charge is 0.253 e. The molecule has 0 spiro atoms. The standard InChI is InChI=1S/C14H20N2O.ClH/c1-3-11-4-6-12(7-5-11)14(17)16(2)13-8-9-15-10-13;/h4-7,13,15H,3,8-10H2,1-2H3;1H/t13-;/m1./s1. The molecule has 1 fully saturated rings. The lowest BCUT2D eigenvalue weighted by atomic mass is 10.1. The van der Waals surface area contributed by atoms with Gasteiger partial charge < -0.3 is 10.2 Å². The van der Waals surface area contributed by atoms with Crippen LogP contribution in [0.25, 0.3) is 0 Å². The summed E-state index contributed by atoms with van der Waals surface area (Å²) in [6, 6.07) is 8.27. The largest absolute Gasteiger partial charge is 0.337 e. The van der Waals surface area contributed by atoms with Gasteiger partial charge in [-0.3, -0.25) is 4.79 Å². The molecule has 2 rings (SSSR count). The third-order valence-electron chi connectivity index (χ3n) is 3.51. The fourth-order valence-corrected chi connectivity index (χ4v) is 2.22. The fraction of sp³-hybridized carbons (Fsp3) is 0.500. The molecule has 1 aliphatic heterocycles. The number of carbonyl (C=O) groups is 1. The number of likely N-dealkylation sites (N-methyl/N-ethyl adjacent to an activating group) is 1. The highest BCUT2D eigenvalue weighted by molar-refractivity contribution is 5.94. The summed E-state index contributed by atoms with van der Waals surface area (Å²) in [4.78, 5) is 14.1. The quantitative estimate of drug-likeness (QED) is 0.911. The summed E-state index contributed by atoms with van der Waals surface area (Å²) in [6.07, 6.45) is 2.06. The van der Waals surface area contributed by atoms with Gasteiger partial charge in [0.1, 0.15) is 0 Å². The average Bonchev–Trinajstić information content (AvgIpc) is 2.91. The molecule has 4 heteroatoms. The molecule has 1 N–H and O–H groups in total. The van der Waals surface area contributed by atoms with E-state index in [9.17, 15) is 4.79 Å². The molecule has 0 aliphatic carbocycles. The van der Waals surface area contributed by atoms with Gasteiger partial charge in [0, 0.05) is 25.2 Å². The van der Waals surface area contributed by atoms with Gasteiger partial charge in [-0.1, -0.05) is 19.1 Å². The molecule has 1 heterocycles. The summed E-state index contributed by atoms with van der Waals surface area (Å²) in [6.45, 7) is 4.04. The van der Waals surface area contributed by atoms with Crippen LogP contribution in [0.5, 0.6) is 0 Å². The number of carbonyl (C=O) groups excluding carboxylic acids is 1. The highest BCUT2D eigenvalue weighted by atomic mass is 35.5. The Hall–Kier alpha value is -1.06. The van der Waals surface area contributed by atoms with Gasteiger partial charge in [0.25, 0.3) is 5.91 Å². The molecule has 0 unspecified atom stereocenters. The molecular weight excluding hydrogens is 248 g/mol. The van der Waals surface area contributed by atoms with Crippen molar-refractivity contribution in [2.24, 2.45) is 0 Å². The molecule has 1 atom stereocenters. The van der Waals surface area contributed by atoms with Gasteiger partial charge in [0.05, 0.1) is 0 Å². The van der Waals surface area contributed by atoms with Crippen molar-refractivity contribution in [1.29, 1.82) is 0 Å². The molecule has 3 nitrogen and oxygen atoms in total. The third kappa shape index (κ3) is 3.24. The molecular formula is C14H21ClN2O. The molecule has 1 amide bonds. The Kier molecular flexibility index (Phi) is 5.63. The maximum atomic E-state index is 12.2. The van der Waals surface area contributed by atoms with Crippen LogP contribution in [-0.2, 0) is 6.42 Å². The highest BCUT2D eigenvalue weighted by Crippen LogP contribution is 2.12. The number of hydrogen-bond acceptors (Lipinski definition) is 2. The van der Waals surface area contributed by atoms with E-state index < -0.39 is 0 Å². The normalized spacial score (nSPS) is 18.2. The third-order valence-corrected chi connectivity index (χ3v) is 3.51. The molecule has 0 radical (unpaired) electrons. The second-order valence-electron chi connectivity index (χ2n) is 4.61. The fourth-order valence-electron chi connectivity index (χ4n) is 2.22. The number of amides is 1. The van der Waals surface area contributed by atoms with Crippen LogP contribution in [0.2, 0.25) is 0 Å². The maximum Gasteiger partial charge on any atom is 0.253 e. The van der Waals surface area contributed by atoms with E-state index in [4.69, 9.17) is 0 Å². The van der Waals surface area contributed by atoms with Crippen molar-refractivity contribution < 1.29 is 4.79 Å². The summed E-state index contributed by atoms with van der Waals surface area (Å²) in [5.41, 5.74) is 2.06. The van der Waals surface area contributed by atoms with E-state index in [1.54, 1.807) is 0 Å². The van der Waals surface area contributed by atoms with Crippen LogP contribution in [0.1, 0.15) is 29.3 Å². The van der Waals surface area contributed by atoms with Crippen molar-refractivity contribution in [3.05, 3.63) is 35.4 Å². The van der Waals surface area contributed by atoms with Crippen LogP contribution in [0.4, 0.5) is 0 Å². The summed E-state index contributed by atoms with van der Waals surface area (Å²) in [5.74, 6) is 0.126. The molecule has 1 aromatic carbocycles. The van der Waals surface area contributed by atoms with E-state index in [1.165, 1.54) is 5.56 Å². The molecule has 1 saturated heterocycles. The molecule has 0 saturated carbocycles. The number of nitrogens with zero attached hydrogens (tertiary/aromatic N) is 1. The van der Waals surface area contributed by atoms with Gasteiger partial charge in [-0.2, -0.15) is 0 Å². The first-order chi connectivity index (χ1) is 8.22. The minimum absolute atomic E-state index is 0. The topological polar surface area (TPSA) is 32.3 Å². The highest BCUT2D eigenvalue weighted by Gasteiger charge is 2.23. The lowest BCUT2D eigenvalue weighted by molar-refractivity contribution is 0.0744. The zero-order valence-electron chi connectivity index (χ0n) is 11.0. The van der Waals surface area contributed by atoms with Gasteiger partial charge in [0.2, 0.25) is 0 Å². The van der Waals surface area contributed by atoms with Crippen LogP contribution < -0.4 is 5.32 Å². The summed E-state index contributed by atoms with van der Waals surface area (Å²) in [7, 11) is 1.90. The van der Waals surface area contributed by atoms with Crippen LogP contribution in [0.3, 0.4) is 0 Å². The first kappa shape index (κ1) is 15.0. The van der Waals surface area contributed by atoms with Crippen LogP contribution in [0.15, 0.2) is 24.3 Å². The molecule has 1 aromatic rings. The number of aryl methyl sites for hydroxylation is 1. The predicted octanol–water partition coefficient (Wildman–Crippen LogP) is 2.10. The summed E-state index contributed by atoms with van der Waals surface area (Å²) < 4.78 is 0. The van der Waals surface area contributed by atoms with Crippen molar-refractivity contribution >= 4 is 18.3 Å². The van der Waals surface area contributed by atoms with E-state index in [-0.39, 0.29) is 18.3 Å². The van der Waals surface area contributed by atoms with E-state index in [1.807, 2.05) is 36.2 Å². The van der Waals surface area contributed by atoms with E-state index in [0.29, 0.717) is 6.04 Å². The summed E-state index contributed by atoms with van der Waals surface area (Å²) >= 11 is 0. The zero-order valence-corrected chi connectivity index (χ0v) is 11.8. The Balaban J connectivity index is 0.00000162. The minimum Gasteiger partial charge on any atom is -0.337 e. The van der Waals surface area contributed by atoms with Crippen molar-refractivity contribution in [2.45, 2.75) is 25.8 Å². The van der Waals surface area contributed by atoms with E-state index >= 15 is 0 Å². The predicted molar refractivity (Wildman–Crippen MR) is 76.4 cm³/mol. The molecule has 0 bridgehead atoms. The molecule has 18 heavy (non-hydrogen) atoms. The maximum absolute atomic E-state index is 12.2. The Morgan fingerprint density at radius 3 is 2.56 bits per heavy atom. The Morgan fingerprint density at radius 1 is 1.39 bits per heavy atom. The average molecular weight is 269 g/mol. The Labute approximate surface area is 115 Å². The van der Waals surface area contributed by atoms with Crippen molar-refractivity contribution in [3.63, 3.8) is 0 Å². The van der Waals surface area contributed by atoms with Gasteiger partial charge in [-0.25, -0.2) is 0 Å². The SMILES string of the molecule is CCc1ccc(C(=O)N(C)[C@@H]2CCNC2)cc1.Cl. The summed E-state index contributed by atoms with van der Waals surface area (Å²) in [5, 5.41) is 3.28. The first-order valence-corrected chi connectivity index (χ1v) is 6.29. The Bertz CT molecular complexity index is 385. The monoisotopic (exact) mass is 268 g/mol. The minimum atomic E-state index is 0. The van der Waals surface area contributed by atoms with E-state index in [2.05, 4.69) is 12.2 Å². The number of nitrogens with one attached hydrogen (secondary N) is 1. The van der Waals surface area contributed by atoms with Crippen molar-refractivity contribution in [2.75, 3.05) is 20.1 Å². The molecule has 100 valence electrons. The van der Waals surface area contributed by atoms with Crippen LogP contribution in [0, 0.1) is 0 Å². The van der Waals surface area contributed by atoms with Crippen LogP contribution in [-0.4, -0.2) is 37.0 Å². The van der Waals surface area contributed by atoms with Crippen LogP contribution >= 0.6 is 12.4 Å².